The Morgan fingerprint density at radius 3 is 2.79 bits per heavy atom. The van der Waals surface area contributed by atoms with Gasteiger partial charge in [0.25, 0.3) is 0 Å². The number of rotatable bonds is 6. The summed E-state index contributed by atoms with van der Waals surface area (Å²) < 4.78 is 26.9. The van der Waals surface area contributed by atoms with Crippen molar-refractivity contribution in [2.24, 2.45) is 7.05 Å². The molecule has 11 heteroatoms. The van der Waals surface area contributed by atoms with Crippen LogP contribution in [0, 0.1) is 4.77 Å². The number of hydrogen-bond acceptors (Lipinski definition) is 6. The van der Waals surface area contributed by atoms with Crippen molar-refractivity contribution in [1.82, 2.24) is 24.6 Å². The predicted molar refractivity (Wildman–Crippen MR) is 110 cm³/mol. The minimum atomic E-state index is -3.03. The van der Waals surface area contributed by atoms with Crippen LogP contribution in [0.5, 0.6) is 0 Å². The Kier molecular flexibility index (Phi) is 6.23. The Morgan fingerprint density at radius 2 is 2.14 bits per heavy atom. The van der Waals surface area contributed by atoms with Crippen molar-refractivity contribution >= 4 is 39.6 Å². The summed E-state index contributed by atoms with van der Waals surface area (Å²) in [7, 11) is 0.566. The van der Waals surface area contributed by atoms with Gasteiger partial charge in [0.1, 0.15) is 0 Å². The minimum absolute atomic E-state index is 0.00888. The molecule has 1 atom stereocenters. The van der Waals surface area contributed by atoms with E-state index >= 15 is 0 Å². The van der Waals surface area contributed by atoms with E-state index in [9.17, 15) is 13.2 Å². The number of halogens is 1. The van der Waals surface area contributed by atoms with Crippen molar-refractivity contribution in [3.05, 3.63) is 34.1 Å². The van der Waals surface area contributed by atoms with E-state index < -0.39 is 9.84 Å². The van der Waals surface area contributed by atoms with Crippen molar-refractivity contribution in [3.8, 4) is 11.4 Å². The zero-order chi connectivity index (χ0) is 20.5. The van der Waals surface area contributed by atoms with Gasteiger partial charge in [-0.15, -0.1) is 0 Å². The first kappa shape index (κ1) is 21.0. The predicted octanol–water partition coefficient (Wildman–Crippen LogP) is 1.46. The summed E-state index contributed by atoms with van der Waals surface area (Å²) in [6.07, 6.45) is 0.463. The molecule has 1 saturated heterocycles. The SMILES string of the molecule is CN(CC(=O)NC1CCS(=O)(=O)C1)Cn1nc(-c2ccccc2Cl)n(C)c1=S. The van der Waals surface area contributed by atoms with Gasteiger partial charge in [-0.05, 0) is 37.8 Å². The molecule has 1 N–H and O–H groups in total. The summed E-state index contributed by atoms with van der Waals surface area (Å²) in [5.74, 6) is 0.555. The van der Waals surface area contributed by atoms with Crippen LogP contribution in [0.15, 0.2) is 24.3 Å². The molecule has 1 aliphatic rings. The Morgan fingerprint density at radius 1 is 1.43 bits per heavy atom. The van der Waals surface area contributed by atoms with E-state index in [1.54, 1.807) is 27.3 Å². The molecule has 2 heterocycles. The molecule has 1 amide bonds. The van der Waals surface area contributed by atoms with E-state index in [0.717, 1.165) is 5.56 Å². The van der Waals surface area contributed by atoms with Gasteiger partial charge in [0, 0.05) is 18.7 Å². The van der Waals surface area contributed by atoms with Crippen molar-refractivity contribution in [1.29, 1.82) is 0 Å². The highest BCUT2D eigenvalue weighted by atomic mass is 35.5. The fourth-order valence-electron chi connectivity index (χ4n) is 3.16. The Bertz CT molecular complexity index is 1050. The van der Waals surface area contributed by atoms with Crippen LogP contribution < -0.4 is 5.32 Å². The molecule has 0 spiro atoms. The van der Waals surface area contributed by atoms with Gasteiger partial charge in [-0.25, -0.2) is 13.1 Å². The summed E-state index contributed by atoms with van der Waals surface area (Å²) in [5.41, 5.74) is 0.777. The lowest BCUT2D eigenvalue weighted by molar-refractivity contribution is -0.122. The summed E-state index contributed by atoms with van der Waals surface area (Å²) in [4.78, 5) is 14.0. The summed E-state index contributed by atoms with van der Waals surface area (Å²) in [6.45, 7) is 0.420. The van der Waals surface area contributed by atoms with E-state index in [0.29, 0.717) is 28.7 Å². The molecule has 28 heavy (non-hydrogen) atoms. The monoisotopic (exact) mass is 443 g/mol. The maximum absolute atomic E-state index is 12.2. The third-order valence-electron chi connectivity index (χ3n) is 4.54. The van der Waals surface area contributed by atoms with Crippen LogP contribution in [0.3, 0.4) is 0 Å². The van der Waals surface area contributed by atoms with E-state index in [1.807, 2.05) is 25.2 Å². The standard InChI is InChI=1S/C17H22ClN5O3S2/c1-21(9-15(24)19-12-7-8-28(25,26)10-12)11-23-17(27)22(2)16(20-23)13-5-3-4-6-14(13)18/h3-6,12H,7-11H2,1-2H3,(H,19,24). The third kappa shape index (κ3) is 4.80. The molecule has 1 unspecified atom stereocenters. The zero-order valence-electron chi connectivity index (χ0n) is 15.6. The van der Waals surface area contributed by atoms with Gasteiger partial charge in [-0.3, -0.25) is 9.69 Å². The number of amides is 1. The second-order valence-electron chi connectivity index (χ2n) is 6.97. The molecule has 8 nitrogen and oxygen atoms in total. The molecule has 0 radical (unpaired) electrons. The van der Waals surface area contributed by atoms with Crippen molar-refractivity contribution in [3.63, 3.8) is 0 Å². The average molecular weight is 444 g/mol. The Hall–Kier alpha value is -1.75. The number of benzene rings is 1. The minimum Gasteiger partial charge on any atom is -0.351 e. The first-order valence-corrected chi connectivity index (χ1v) is 11.3. The molecule has 3 rings (SSSR count). The van der Waals surface area contributed by atoms with Gasteiger partial charge in [-0.1, -0.05) is 23.7 Å². The number of carbonyl (C=O) groups excluding carboxylic acids is 1. The maximum Gasteiger partial charge on any atom is 0.234 e. The lowest BCUT2D eigenvalue weighted by Crippen LogP contribution is -2.42. The number of sulfone groups is 1. The molecule has 152 valence electrons. The average Bonchev–Trinajstić information content (AvgIpc) is 3.08. The molecule has 1 aromatic carbocycles. The first-order chi connectivity index (χ1) is 13.2. The number of hydrogen-bond donors (Lipinski definition) is 1. The van der Waals surface area contributed by atoms with E-state index in [1.165, 1.54) is 0 Å². The smallest absolute Gasteiger partial charge is 0.234 e. The van der Waals surface area contributed by atoms with E-state index in [4.69, 9.17) is 23.8 Å². The Labute approximate surface area is 174 Å². The second kappa shape index (κ2) is 8.32. The molecular formula is C17H22ClN5O3S2. The zero-order valence-corrected chi connectivity index (χ0v) is 18.0. The van der Waals surface area contributed by atoms with Crippen LogP contribution in [-0.4, -0.2) is 64.7 Å². The van der Waals surface area contributed by atoms with Crippen molar-refractivity contribution in [2.75, 3.05) is 25.1 Å². The highest BCUT2D eigenvalue weighted by molar-refractivity contribution is 7.91. The van der Waals surface area contributed by atoms with Gasteiger partial charge < -0.3 is 9.88 Å². The summed E-state index contributed by atoms with van der Waals surface area (Å²) in [5, 5.41) is 7.91. The third-order valence-corrected chi connectivity index (χ3v) is 7.12. The molecule has 1 aliphatic heterocycles. The lowest BCUT2D eigenvalue weighted by atomic mass is 10.2. The van der Waals surface area contributed by atoms with Crippen LogP contribution >= 0.6 is 23.8 Å². The van der Waals surface area contributed by atoms with Crippen LogP contribution in [0.2, 0.25) is 5.02 Å². The first-order valence-electron chi connectivity index (χ1n) is 8.73. The molecule has 2 aromatic rings. The van der Waals surface area contributed by atoms with Gasteiger partial charge in [0.05, 0.1) is 29.7 Å². The fraction of sp³-hybridized carbons (Fsp3) is 0.471. The van der Waals surface area contributed by atoms with Crippen LogP contribution in [-0.2, 0) is 28.3 Å². The van der Waals surface area contributed by atoms with E-state index in [-0.39, 0.29) is 30.0 Å². The Balaban J connectivity index is 1.65. The van der Waals surface area contributed by atoms with Gasteiger partial charge in [0.2, 0.25) is 5.91 Å². The van der Waals surface area contributed by atoms with Crippen molar-refractivity contribution < 1.29 is 13.2 Å². The number of likely N-dealkylation sites (N-methyl/N-ethyl adjacent to an activating group) is 1. The summed E-state index contributed by atoms with van der Waals surface area (Å²) in [6, 6.07) is 7.08. The van der Waals surface area contributed by atoms with Gasteiger partial charge in [-0.2, -0.15) is 5.10 Å². The molecular weight excluding hydrogens is 422 g/mol. The molecule has 0 bridgehead atoms. The largest absolute Gasteiger partial charge is 0.351 e. The quantitative estimate of drug-likeness (QED) is 0.680. The number of nitrogens with zero attached hydrogens (tertiary/aromatic N) is 4. The molecule has 0 aliphatic carbocycles. The number of carbonyl (C=O) groups is 1. The number of aromatic nitrogens is 3. The molecule has 0 saturated carbocycles. The lowest BCUT2D eigenvalue weighted by Gasteiger charge is -2.17. The highest BCUT2D eigenvalue weighted by Gasteiger charge is 2.29. The molecule has 1 fully saturated rings. The maximum atomic E-state index is 12.2. The van der Waals surface area contributed by atoms with Gasteiger partial charge in [0.15, 0.2) is 20.4 Å². The molecule has 1 aromatic heterocycles. The second-order valence-corrected chi connectivity index (χ2v) is 9.97. The van der Waals surface area contributed by atoms with Crippen LogP contribution in [0.1, 0.15) is 6.42 Å². The van der Waals surface area contributed by atoms with Crippen LogP contribution in [0.4, 0.5) is 0 Å². The topological polar surface area (TPSA) is 89.2 Å². The summed E-state index contributed by atoms with van der Waals surface area (Å²) >= 11 is 11.7. The number of nitrogens with one attached hydrogen (secondary N) is 1. The van der Waals surface area contributed by atoms with Gasteiger partial charge >= 0.3 is 0 Å². The highest BCUT2D eigenvalue weighted by Crippen LogP contribution is 2.26. The normalized spacial score (nSPS) is 18.5. The fourth-order valence-corrected chi connectivity index (χ4v) is 5.24. The van der Waals surface area contributed by atoms with Crippen LogP contribution in [0.25, 0.3) is 11.4 Å². The van der Waals surface area contributed by atoms with E-state index in [2.05, 4.69) is 10.4 Å². The van der Waals surface area contributed by atoms with Crippen molar-refractivity contribution in [2.45, 2.75) is 19.1 Å².